The van der Waals surface area contributed by atoms with Crippen LogP contribution in [0.3, 0.4) is 0 Å². The van der Waals surface area contributed by atoms with Crippen LogP contribution in [-0.4, -0.2) is 41.6 Å². The van der Waals surface area contributed by atoms with E-state index in [1.807, 2.05) is 13.8 Å². The molecule has 0 saturated carbocycles. The number of aromatic nitrogens is 3. The maximum atomic E-state index is 12.4. The number of carbonyl (C=O) groups excluding carboxylic acids is 1. The summed E-state index contributed by atoms with van der Waals surface area (Å²) in [4.78, 5) is 28.3. The molecule has 3 rings (SSSR count). The number of hydrogen-bond acceptors (Lipinski definition) is 7. The fraction of sp³-hybridized carbons (Fsp3) is 0.375. The maximum Gasteiger partial charge on any atom is 0.246 e. The smallest absolute Gasteiger partial charge is 0.246 e. The third-order valence-electron chi connectivity index (χ3n) is 4.27. The molecular weight excluding hydrogens is 344 g/mol. The number of hydrogen-bond donors (Lipinski definition) is 1. The number of carbonyl (C=O) groups is 1. The predicted octanol–water partition coefficient (Wildman–Crippen LogP) is 1.72. The number of aryl methyl sites for hydroxylation is 1. The number of pyridine rings is 1. The molecule has 25 heavy (non-hydrogen) atoms. The minimum absolute atomic E-state index is 0.0580. The molecule has 0 bridgehead atoms. The van der Waals surface area contributed by atoms with Crippen molar-refractivity contribution in [2.75, 3.05) is 36.2 Å². The Bertz CT molecular complexity index is 857. The number of methoxy groups -OCH3 is 1. The van der Waals surface area contributed by atoms with Crippen LogP contribution >= 0.6 is 11.6 Å². The summed E-state index contributed by atoms with van der Waals surface area (Å²) in [6.07, 6.45) is 1.75. The van der Waals surface area contributed by atoms with E-state index in [0.717, 1.165) is 22.6 Å². The number of nitrogens with zero attached hydrogens (tertiary/aromatic N) is 5. The predicted molar refractivity (Wildman–Crippen MR) is 96.2 cm³/mol. The van der Waals surface area contributed by atoms with Crippen molar-refractivity contribution < 1.29 is 9.53 Å². The van der Waals surface area contributed by atoms with Crippen molar-refractivity contribution in [2.24, 2.45) is 0 Å². The Morgan fingerprint density at radius 3 is 2.76 bits per heavy atom. The van der Waals surface area contributed by atoms with Crippen LogP contribution in [0.2, 0.25) is 5.15 Å². The van der Waals surface area contributed by atoms with Gasteiger partial charge in [-0.1, -0.05) is 11.6 Å². The Morgan fingerprint density at radius 1 is 1.36 bits per heavy atom. The van der Waals surface area contributed by atoms with E-state index in [-0.39, 0.29) is 23.6 Å². The van der Waals surface area contributed by atoms with E-state index < -0.39 is 0 Å². The summed E-state index contributed by atoms with van der Waals surface area (Å²) < 4.78 is 5.45. The molecule has 9 heteroatoms. The molecule has 1 amide bonds. The average Bonchev–Trinajstić information content (AvgIpc) is 2.54. The number of rotatable bonds is 3. The topological polar surface area (TPSA) is 97.5 Å². The highest BCUT2D eigenvalue weighted by atomic mass is 35.5. The number of ether oxygens (including phenoxy) is 1. The maximum absolute atomic E-state index is 12.4. The molecule has 0 saturated heterocycles. The van der Waals surface area contributed by atoms with Gasteiger partial charge in [0.15, 0.2) is 11.0 Å². The molecule has 2 aromatic heterocycles. The summed E-state index contributed by atoms with van der Waals surface area (Å²) in [5.41, 5.74) is 8.85. The number of nitrogens with two attached hydrogens (primary N) is 1. The average molecular weight is 363 g/mol. The summed E-state index contributed by atoms with van der Waals surface area (Å²) in [7, 11) is 3.27. The van der Waals surface area contributed by atoms with Crippen molar-refractivity contribution in [3.63, 3.8) is 0 Å². The van der Waals surface area contributed by atoms with Crippen LogP contribution in [0.1, 0.15) is 16.8 Å². The highest BCUT2D eigenvalue weighted by Crippen LogP contribution is 2.37. The molecule has 2 N–H and O–H groups in total. The second-order valence-corrected chi connectivity index (χ2v) is 6.26. The van der Waals surface area contributed by atoms with Crippen LogP contribution < -0.4 is 20.3 Å². The molecular formula is C16H19ClN6O2. The van der Waals surface area contributed by atoms with Gasteiger partial charge in [0.05, 0.1) is 25.9 Å². The Balaban J connectivity index is 2.06. The van der Waals surface area contributed by atoms with Crippen LogP contribution in [0.5, 0.6) is 5.75 Å². The molecule has 0 radical (unpaired) electrons. The molecule has 0 aliphatic carbocycles. The SMILES string of the molecule is COc1c(C)cnc(CN2CC(=O)N(C)c3c(Cl)nc(N)nc32)c1C. The molecule has 0 atom stereocenters. The molecule has 132 valence electrons. The molecule has 8 nitrogen and oxygen atoms in total. The number of likely N-dealkylation sites (N-methyl/N-ethyl adjacent to an activating group) is 1. The van der Waals surface area contributed by atoms with Crippen molar-refractivity contribution in [3.05, 3.63) is 28.2 Å². The third kappa shape index (κ3) is 2.93. The number of anilines is 3. The van der Waals surface area contributed by atoms with E-state index >= 15 is 0 Å². The van der Waals surface area contributed by atoms with Crippen molar-refractivity contribution in [1.82, 2.24) is 15.0 Å². The van der Waals surface area contributed by atoms with Gasteiger partial charge in [0.1, 0.15) is 11.4 Å². The normalized spacial score (nSPS) is 13.9. The zero-order chi connectivity index (χ0) is 18.3. The van der Waals surface area contributed by atoms with Crippen LogP contribution in [0.25, 0.3) is 0 Å². The molecule has 0 unspecified atom stereocenters. The first-order valence-electron chi connectivity index (χ1n) is 7.67. The molecule has 0 spiro atoms. The quantitative estimate of drug-likeness (QED) is 0.830. The molecule has 0 aromatic carbocycles. The van der Waals surface area contributed by atoms with Crippen LogP contribution in [0, 0.1) is 13.8 Å². The summed E-state index contributed by atoms with van der Waals surface area (Å²) in [6.45, 7) is 4.40. The van der Waals surface area contributed by atoms with Crippen molar-refractivity contribution in [3.8, 4) is 5.75 Å². The fourth-order valence-corrected chi connectivity index (χ4v) is 3.25. The highest BCUT2D eigenvalue weighted by molar-refractivity contribution is 6.33. The van der Waals surface area contributed by atoms with Crippen molar-refractivity contribution >= 4 is 35.0 Å². The largest absolute Gasteiger partial charge is 0.496 e. The van der Waals surface area contributed by atoms with Crippen LogP contribution in [0.4, 0.5) is 17.5 Å². The Kier molecular flexibility index (Phi) is 4.38. The monoisotopic (exact) mass is 362 g/mol. The van der Waals surface area contributed by atoms with E-state index in [9.17, 15) is 4.79 Å². The van der Waals surface area contributed by atoms with Gasteiger partial charge in [0, 0.05) is 24.4 Å². The molecule has 1 aliphatic heterocycles. The van der Waals surface area contributed by atoms with E-state index in [2.05, 4.69) is 15.0 Å². The summed E-state index contributed by atoms with van der Waals surface area (Å²) >= 11 is 6.19. The number of nitrogen functional groups attached to an aromatic ring is 1. The number of halogens is 1. The van der Waals surface area contributed by atoms with Crippen LogP contribution in [-0.2, 0) is 11.3 Å². The fourth-order valence-electron chi connectivity index (χ4n) is 2.95. The van der Waals surface area contributed by atoms with E-state index in [1.54, 1.807) is 25.3 Å². The first-order chi connectivity index (χ1) is 11.8. The van der Waals surface area contributed by atoms with E-state index in [0.29, 0.717) is 18.1 Å². The van der Waals surface area contributed by atoms with Crippen LogP contribution in [0.15, 0.2) is 6.20 Å². The Hall–Kier alpha value is -2.61. The molecule has 0 fully saturated rings. The van der Waals surface area contributed by atoms with Gasteiger partial charge < -0.3 is 20.3 Å². The summed E-state index contributed by atoms with van der Waals surface area (Å²) in [5.74, 6) is 1.24. The van der Waals surface area contributed by atoms with Gasteiger partial charge in [0.25, 0.3) is 0 Å². The lowest BCUT2D eigenvalue weighted by molar-refractivity contribution is -0.117. The standard InChI is InChI=1S/C16H19ClN6O2/c1-8-5-19-10(9(2)13(8)25-4)6-23-7-11(24)22(3)12-14(17)20-16(18)21-15(12)23/h5H,6-7H2,1-4H3,(H2,18,20,21). The first-order valence-corrected chi connectivity index (χ1v) is 8.04. The Labute approximate surface area is 150 Å². The highest BCUT2D eigenvalue weighted by Gasteiger charge is 2.32. The third-order valence-corrected chi connectivity index (χ3v) is 4.53. The lowest BCUT2D eigenvalue weighted by Crippen LogP contribution is -2.44. The van der Waals surface area contributed by atoms with Gasteiger partial charge in [-0.3, -0.25) is 9.78 Å². The number of amides is 1. The molecule has 2 aromatic rings. The zero-order valence-electron chi connectivity index (χ0n) is 14.5. The van der Waals surface area contributed by atoms with Gasteiger partial charge in [-0.2, -0.15) is 9.97 Å². The second kappa shape index (κ2) is 6.36. The number of fused-ring (bicyclic) bond motifs is 1. The first kappa shape index (κ1) is 17.2. The molecule has 3 heterocycles. The van der Waals surface area contributed by atoms with Gasteiger partial charge >= 0.3 is 0 Å². The zero-order valence-corrected chi connectivity index (χ0v) is 15.3. The van der Waals surface area contributed by atoms with Gasteiger partial charge in [-0.25, -0.2) is 0 Å². The van der Waals surface area contributed by atoms with E-state index in [1.165, 1.54) is 4.90 Å². The van der Waals surface area contributed by atoms with E-state index in [4.69, 9.17) is 22.1 Å². The van der Waals surface area contributed by atoms with Crippen molar-refractivity contribution in [2.45, 2.75) is 20.4 Å². The second-order valence-electron chi connectivity index (χ2n) is 5.90. The molecule has 1 aliphatic rings. The lowest BCUT2D eigenvalue weighted by atomic mass is 10.1. The minimum Gasteiger partial charge on any atom is -0.496 e. The van der Waals surface area contributed by atoms with Crippen molar-refractivity contribution in [1.29, 1.82) is 0 Å². The minimum atomic E-state index is -0.112. The van der Waals surface area contributed by atoms with Gasteiger partial charge in [0.2, 0.25) is 11.9 Å². The lowest BCUT2D eigenvalue weighted by Gasteiger charge is -2.34. The van der Waals surface area contributed by atoms with Gasteiger partial charge in [-0.05, 0) is 13.8 Å². The summed E-state index contributed by atoms with van der Waals surface area (Å²) in [5, 5.41) is 0.147. The summed E-state index contributed by atoms with van der Waals surface area (Å²) in [6, 6.07) is 0. The van der Waals surface area contributed by atoms with Gasteiger partial charge in [-0.15, -0.1) is 0 Å². The Morgan fingerprint density at radius 2 is 2.08 bits per heavy atom.